The third kappa shape index (κ3) is 2.81. The first-order chi connectivity index (χ1) is 12.6. The second-order valence-corrected chi connectivity index (χ2v) is 5.46. The van der Waals surface area contributed by atoms with Gasteiger partial charge in [0.25, 0.3) is 0 Å². The van der Waals surface area contributed by atoms with Crippen molar-refractivity contribution in [3.8, 4) is 11.4 Å². The highest BCUT2D eigenvalue weighted by atomic mass is 16.4. The average molecular weight is 347 g/mol. The van der Waals surface area contributed by atoms with Gasteiger partial charge in [-0.05, 0) is 25.1 Å². The molecule has 4 heterocycles. The van der Waals surface area contributed by atoms with E-state index in [0.29, 0.717) is 17.5 Å². The molecule has 0 aliphatic carbocycles. The van der Waals surface area contributed by atoms with E-state index in [1.54, 1.807) is 12.3 Å². The van der Waals surface area contributed by atoms with Gasteiger partial charge in [-0.1, -0.05) is 6.07 Å². The van der Waals surface area contributed by atoms with Crippen LogP contribution < -0.4 is 5.32 Å². The van der Waals surface area contributed by atoms with Gasteiger partial charge >= 0.3 is 5.97 Å². The average Bonchev–Trinajstić information content (AvgIpc) is 2.98. The summed E-state index contributed by atoms with van der Waals surface area (Å²) in [6.07, 6.45) is 6.05. The number of nitrogens with one attached hydrogen (secondary N) is 1. The van der Waals surface area contributed by atoms with Crippen LogP contribution in [-0.4, -0.2) is 40.4 Å². The number of aryl methyl sites for hydroxylation is 1. The van der Waals surface area contributed by atoms with Crippen LogP contribution in [0.4, 0.5) is 11.8 Å². The van der Waals surface area contributed by atoms with Crippen LogP contribution in [0.1, 0.15) is 16.2 Å². The zero-order chi connectivity index (χ0) is 18.1. The molecule has 0 atom stereocenters. The van der Waals surface area contributed by atoms with E-state index in [9.17, 15) is 4.79 Å². The summed E-state index contributed by atoms with van der Waals surface area (Å²) < 4.78 is 1.96. The van der Waals surface area contributed by atoms with Crippen molar-refractivity contribution < 1.29 is 9.90 Å². The second kappa shape index (κ2) is 6.20. The fraction of sp³-hybridized carbons (Fsp3) is 0.0588. The van der Waals surface area contributed by atoms with Crippen molar-refractivity contribution in [2.24, 2.45) is 0 Å². The maximum absolute atomic E-state index is 10.8. The minimum atomic E-state index is -1.13. The van der Waals surface area contributed by atoms with E-state index in [1.165, 1.54) is 12.4 Å². The van der Waals surface area contributed by atoms with Gasteiger partial charge in [-0.3, -0.25) is 4.40 Å². The molecule has 0 radical (unpaired) electrons. The number of imidazole rings is 1. The maximum Gasteiger partial charge on any atom is 0.356 e. The summed E-state index contributed by atoms with van der Waals surface area (Å²) in [5.74, 6) is -0.461. The van der Waals surface area contributed by atoms with E-state index in [2.05, 4.69) is 30.2 Å². The highest BCUT2D eigenvalue weighted by Gasteiger charge is 2.13. The van der Waals surface area contributed by atoms with Crippen molar-refractivity contribution in [2.45, 2.75) is 6.92 Å². The number of rotatable bonds is 4. The van der Waals surface area contributed by atoms with E-state index >= 15 is 0 Å². The molecular weight excluding hydrogens is 334 g/mol. The van der Waals surface area contributed by atoms with Crippen LogP contribution in [0.25, 0.3) is 17.0 Å². The molecule has 26 heavy (non-hydrogen) atoms. The molecule has 0 saturated carbocycles. The number of hydrogen-bond donors (Lipinski definition) is 2. The first-order valence-corrected chi connectivity index (χ1v) is 7.71. The molecule has 0 bridgehead atoms. The SMILES string of the molecule is Cc1nc2ccccn2c1-c1ccnc(Nc2cnc(C(=O)O)cn2)n1. The molecule has 0 aliphatic rings. The van der Waals surface area contributed by atoms with E-state index in [1.807, 2.05) is 35.7 Å². The Balaban J connectivity index is 1.68. The van der Waals surface area contributed by atoms with Gasteiger partial charge in [-0.25, -0.2) is 29.7 Å². The van der Waals surface area contributed by atoms with Gasteiger partial charge in [0.1, 0.15) is 5.65 Å². The van der Waals surface area contributed by atoms with Crippen molar-refractivity contribution in [3.05, 3.63) is 60.4 Å². The summed E-state index contributed by atoms with van der Waals surface area (Å²) in [7, 11) is 0. The number of carboxylic acids is 1. The van der Waals surface area contributed by atoms with Crippen LogP contribution in [0.2, 0.25) is 0 Å². The van der Waals surface area contributed by atoms with Crippen LogP contribution in [-0.2, 0) is 0 Å². The summed E-state index contributed by atoms with van der Waals surface area (Å²) in [6, 6.07) is 7.58. The fourth-order valence-corrected chi connectivity index (χ4v) is 2.59. The maximum atomic E-state index is 10.8. The van der Waals surface area contributed by atoms with Crippen LogP contribution in [0.5, 0.6) is 0 Å². The number of anilines is 2. The van der Waals surface area contributed by atoms with Crippen LogP contribution in [0.15, 0.2) is 49.1 Å². The lowest BCUT2D eigenvalue weighted by Gasteiger charge is -2.06. The van der Waals surface area contributed by atoms with E-state index in [4.69, 9.17) is 5.11 Å². The van der Waals surface area contributed by atoms with E-state index in [-0.39, 0.29) is 5.69 Å². The Morgan fingerprint density at radius 2 is 2.00 bits per heavy atom. The van der Waals surface area contributed by atoms with Gasteiger partial charge in [0.2, 0.25) is 5.95 Å². The molecule has 0 spiro atoms. The Morgan fingerprint density at radius 1 is 1.12 bits per heavy atom. The zero-order valence-electron chi connectivity index (χ0n) is 13.7. The van der Waals surface area contributed by atoms with Crippen molar-refractivity contribution in [3.63, 3.8) is 0 Å². The molecule has 2 N–H and O–H groups in total. The van der Waals surface area contributed by atoms with Crippen molar-refractivity contribution >= 4 is 23.4 Å². The van der Waals surface area contributed by atoms with Gasteiger partial charge in [-0.15, -0.1) is 0 Å². The molecule has 0 amide bonds. The smallest absolute Gasteiger partial charge is 0.356 e. The molecule has 4 aromatic heterocycles. The summed E-state index contributed by atoms with van der Waals surface area (Å²) in [5.41, 5.74) is 3.13. The quantitative estimate of drug-likeness (QED) is 0.577. The number of fused-ring (bicyclic) bond motifs is 1. The molecule has 9 heteroatoms. The Labute approximate surface area is 147 Å². The molecule has 9 nitrogen and oxygen atoms in total. The largest absolute Gasteiger partial charge is 0.476 e. The summed E-state index contributed by atoms with van der Waals surface area (Å²) in [4.78, 5) is 31.9. The van der Waals surface area contributed by atoms with Crippen molar-refractivity contribution in [2.75, 3.05) is 5.32 Å². The van der Waals surface area contributed by atoms with Crippen LogP contribution >= 0.6 is 0 Å². The Hall–Kier alpha value is -3.88. The second-order valence-electron chi connectivity index (χ2n) is 5.46. The number of aromatic carboxylic acids is 1. The number of carboxylic acid groups (broad SMARTS) is 1. The van der Waals surface area contributed by atoms with Crippen LogP contribution in [0, 0.1) is 6.92 Å². The number of nitrogens with zero attached hydrogens (tertiary/aromatic N) is 6. The van der Waals surface area contributed by atoms with Gasteiger partial charge in [0, 0.05) is 12.4 Å². The van der Waals surface area contributed by atoms with Crippen molar-refractivity contribution in [1.82, 2.24) is 29.3 Å². The molecule has 0 fully saturated rings. The number of aromatic nitrogens is 6. The molecule has 0 aliphatic heterocycles. The molecule has 0 unspecified atom stereocenters. The number of carbonyl (C=O) groups is 1. The highest BCUT2D eigenvalue weighted by Crippen LogP contribution is 2.23. The molecular formula is C17H13N7O2. The highest BCUT2D eigenvalue weighted by molar-refractivity contribution is 5.85. The molecule has 0 saturated heterocycles. The first kappa shape index (κ1) is 15.6. The van der Waals surface area contributed by atoms with E-state index < -0.39 is 5.97 Å². The summed E-state index contributed by atoms with van der Waals surface area (Å²) in [5, 5.41) is 11.8. The monoisotopic (exact) mass is 347 g/mol. The van der Waals surface area contributed by atoms with Gasteiger partial charge < -0.3 is 10.4 Å². The molecule has 128 valence electrons. The van der Waals surface area contributed by atoms with Gasteiger partial charge in [-0.2, -0.15) is 0 Å². The molecule has 4 rings (SSSR count). The number of hydrogen-bond acceptors (Lipinski definition) is 7. The van der Waals surface area contributed by atoms with Crippen molar-refractivity contribution in [1.29, 1.82) is 0 Å². The lowest BCUT2D eigenvalue weighted by Crippen LogP contribution is -2.04. The minimum absolute atomic E-state index is 0.133. The molecule has 4 aromatic rings. The summed E-state index contributed by atoms with van der Waals surface area (Å²) in [6.45, 7) is 1.92. The van der Waals surface area contributed by atoms with Gasteiger partial charge in [0.05, 0.1) is 29.5 Å². The zero-order valence-corrected chi connectivity index (χ0v) is 13.7. The third-order valence-corrected chi connectivity index (χ3v) is 3.71. The predicted molar refractivity (Wildman–Crippen MR) is 93.2 cm³/mol. The molecule has 0 aromatic carbocycles. The van der Waals surface area contributed by atoms with E-state index in [0.717, 1.165) is 17.0 Å². The predicted octanol–water partition coefficient (Wildman–Crippen LogP) is 2.33. The first-order valence-electron chi connectivity index (χ1n) is 7.71. The lowest BCUT2D eigenvalue weighted by atomic mass is 10.2. The lowest BCUT2D eigenvalue weighted by molar-refractivity contribution is 0.0690. The minimum Gasteiger partial charge on any atom is -0.476 e. The number of pyridine rings is 1. The van der Waals surface area contributed by atoms with Gasteiger partial charge in [0.15, 0.2) is 11.5 Å². The normalized spacial score (nSPS) is 10.8. The van der Waals surface area contributed by atoms with Crippen LogP contribution in [0.3, 0.4) is 0 Å². The Bertz CT molecular complexity index is 1110. The standard InChI is InChI=1S/C17H13N7O2/c1-10-15(24-7-3-2-4-14(24)21-10)11-5-6-18-17(22-11)23-13-9-19-12(8-20-13)16(25)26/h2-9H,1H3,(H,25,26)(H,18,20,22,23). The topological polar surface area (TPSA) is 118 Å². The third-order valence-electron chi connectivity index (χ3n) is 3.71. The fourth-order valence-electron chi connectivity index (χ4n) is 2.59. The Kier molecular flexibility index (Phi) is 3.73. The summed E-state index contributed by atoms with van der Waals surface area (Å²) >= 11 is 0. The Morgan fingerprint density at radius 3 is 2.77 bits per heavy atom.